The van der Waals surface area contributed by atoms with Crippen molar-refractivity contribution in [2.24, 2.45) is 0 Å². The topological polar surface area (TPSA) is 54.5 Å². The molecule has 2 aromatic carbocycles. The van der Waals surface area contributed by atoms with Crippen LogP contribution in [0.25, 0.3) is 0 Å². The second-order valence-electron chi connectivity index (χ2n) is 6.10. The zero-order valence-electron chi connectivity index (χ0n) is 14.5. The molecular formula is C19H23NO3S. The third-order valence-electron chi connectivity index (χ3n) is 4.41. The Balaban J connectivity index is 2.16. The molecule has 0 saturated heterocycles. The maximum Gasteiger partial charge on any atom is 0.238 e. The van der Waals surface area contributed by atoms with E-state index < -0.39 is 21.5 Å². The van der Waals surface area contributed by atoms with Gasteiger partial charge in [-0.15, -0.1) is 0 Å². The molecule has 0 heterocycles. The van der Waals surface area contributed by atoms with Crippen LogP contribution < -0.4 is 0 Å². The van der Waals surface area contributed by atoms with Gasteiger partial charge < -0.3 is 4.90 Å². The van der Waals surface area contributed by atoms with E-state index in [0.29, 0.717) is 0 Å². The van der Waals surface area contributed by atoms with Crippen molar-refractivity contribution in [3.63, 3.8) is 0 Å². The van der Waals surface area contributed by atoms with Crippen molar-refractivity contribution in [3.8, 4) is 0 Å². The molecule has 128 valence electrons. The second-order valence-corrected chi connectivity index (χ2v) is 8.09. The summed E-state index contributed by atoms with van der Waals surface area (Å²) >= 11 is 0. The molecule has 0 aliphatic heterocycles. The fourth-order valence-corrected chi connectivity index (χ4v) is 3.75. The van der Waals surface area contributed by atoms with Crippen molar-refractivity contribution in [1.29, 1.82) is 0 Å². The molecule has 0 aromatic heterocycles. The van der Waals surface area contributed by atoms with E-state index in [1.54, 1.807) is 25.2 Å². The molecule has 0 saturated carbocycles. The minimum Gasteiger partial charge on any atom is -0.338 e. The molecule has 0 fully saturated rings. The number of benzene rings is 2. The lowest BCUT2D eigenvalue weighted by Crippen LogP contribution is -2.34. The van der Waals surface area contributed by atoms with Crippen LogP contribution in [-0.2, 0) is 14.6 Å². The summed E-state index contributed by atoms with van der Waals surface area (Å²) in [6, 6.07) is 14.3. The highest BCUT2D eigenvalue weighted by atomic mass is 32.2. The average molecular weight is 345 g/mol. The molecule has 0 spiro atoms. The highest BCUT2D eigenvalue weighted by molar-refractivity contribution is 7.92. The van der Waals surface area contributed by atoms with E-state index in [4.69, 9.17) is 0 Å². The van der Waals surface area contributed by atoms with Crippen molar-refractivity contribution >= 4 is 15.7 Å². The summed E-state index contributed by atoms with van der Waals surface area (Å²) in [6.07, 6.45) is 0. The van der Waals surface area contributed by atoms with E-state index in [1.165, 1.54) is 4.90 Å². The lowest BCUT2D eigenvalue weighted by molar-refractivity contribution is -0.129. The predicted octanol–water partition coefficient (Wildman–Crippen LogP) is 3.30. The second kappa shape index (κ2) is 7.18. The Bertz CT molecular complexity index is 829. The van der Waals surface area contributed by atoms with Crippen molar-refractivity contribution in [3.05, 3.63) is 65.2 Å². The molecule has 1 atom stereocenters. The molecule has 1 amide bonds. The van der Waals surface area contributed by atoms with Gasteiger partial charge in [0.15, 0.2) is 9.84 Å². The fraction of sp³-hybridized carbons (Fsp3) is 0.316. The van der Waals surface area contributed by atoms with Gasteiger partial charge in [-0.05, 0) is 49.6 Å². The minimum atomic E-state index is -3.65. The van der Waals surface area contributed by atoms with E-state index in [9.17, 15) is 13.2 Å². The van der Waals surface area contributed by atoms with Gasteiger partial charge in [-0.3, -0.25) is 4.79 Å². The third kappa shape index (κ3) is 4.03. The van der Waals surface area contributed by atoms with Crippen molar-refractivity contribution in [1.82, 2.24) is 4.90 Å². The van der Waals surface area contributed by atoms with Crippen LogP contribution in [-0.4, -0.2) is 32.0 Å². The average Bonchev–Trinajstić information content (AvgIpc) is 2.56. The first-order valence-corrected chi connectivity index (χ1v) is 9.48. The largest absolute Gasteiger partial charge is 0.338 e. The van der Waals surface area contributed by atoms with Gasteiger partial charge in [0.05, 0.1) is 10.9 Å². The highest BCUT2D eigenvalue weighted by Gasteiger charge is 2.25. The molecule has 5 heteroatoms. The Hall–Kier alpha value is -2.14. The molecule has 0 bridgehead atoms. The number of carbonyl (C=O) groups excluding carboxylic acids is 1. The quantitative estimate of drug-likeness (QED) is 0.835. The maximum atomic E-state index is 12.5. The van der Waals surface area contributed by atoms with Gasteiger partial charge in [-0.2, -0.15) is 0 Å². The molecule has 0 unspecified atom stereocenters. The van der Waals surface area contributed by atoms with Crippen LogP contribution >= 0.6 is 0 Å². The first-order chi connectivity index (χ1) is 11.2. The van der Waals surface area contributed by atoms with Crippen molar-refractivity contribution in [2.75, 3.05) is 12.8 Å². The van der Waals surface area contributed by atoms with Crippen LogP contribution in [0.5, 0.6) is 0 Å². The van der Waals surface area contributed by atoms with Crippen molar-refractivity contribution in [2.45, 2.75) is 31.7 Å². The van der Waals surface area contributed by atoms with Gasteiger partial charge in [0.25, 0.3) is 0 Å². The van der Waals surface area contributed by atoms with Crippen LogP contribution in [0.2, 0.25) is 0 Å². The van der Waals surface area contributed by atoms with Crippen molar-refractivity contribution < 1.29 is 13.2 Å². The number of amides is 1. The molecule has 2 aromatic rings. The Labute approximate surface area is 144 Å². The smallest absolute Gasteiger partial charge is 0.238 e. The van der Waals surface area contributed by atoms with Crippen LogP contribution in [0.4, 0.5) is 0 Å². The summed E-state index contributed by atoms with van der Waals surface area (Å²) < 4.78 is 25.0. The number of sulfone groups is 1. The number of rotatable bonds is 5. The van der Waals surface area contributed by atoms with Gasteiger partial charge in [-0.1, -0.05) is 36.4 Å². The minimum absolute atomic E-state index is 0.186. The van der Waals surface area contributed by atoms with Crippen LogP contribution in [0.15, 0.2) is 53.4 Å². The molecule has 2 rings (SSSR count). The summed E-state index contributed by atoms with van der Waals surface area (Å²) in [5.74, 6) is -0.937. The Morgan fingerprint density at radius 2 is 1.67 bits per heavy atom. The van der Waals surface area contributed by atoms with E-state index in [1.807, 2.05) is 51.1 Å². The summed E-state index contributed by atoms with van der Waals surface area (Å²) in [5.41, 5.74) is 2.89. The normalized spacial score (nSPS) is 12.7. The van der Waals surface area contributed by atoms with E-state index in [2.05, 4.69) is 0 Å². The number of carbonyl (C=O) groups is 1. The van der Waals surface area contributed by atoms with Gasteiger partial charge in [-0.25, -0.2) is 8.42 Å². The Morgan fingerprint density at radius 1 is 1.04 bits per heavy atom. The number of hydrogen-bond donors (Lipinski definition) is 0. The van der Waals surface area contributed by atoms with Crippen LogP contribution in [0.1, 0.15) is 29.7 Å². The molecule has 4 nitrogen and oxygen atoms in total. The number of aryl methyl sites for hydroxylation is 2. The highest BCUT2D eigenvalue weighted by Crippen LogP contribution is 2.20. The van der Waals surface area contributed by atoms with Gasteiger partial charge >= 0.3 is 0 Å². The SMILES string of the molecule is Cc1ccc(S(=O)(=O)CC(=O)N(C)[C@H](C)c2ccccc2)cc1C. The standard InChI is InChI=1S/C19H23NO3S/c1-14-10-11-18(12-15(14)2)24(22,23)13-19(21)20(4)16(3)17-8-6-5-7-9-17/h5-12,16H,13H2,1-4H3/t16-/m1/s1. The van der Waals surface area contributed by atoms with Gasteiger partial charge in [0, 0.05) is 7.05 Å². The molecular weight excluding hydrogens is 322 g/mol. The predicted molar refractivity (Wildman–Crippen MR) is 95.6 cm³/mol. The zero-order chi connectivity index (χ0) is 17.9. The van der Waals surface area contributed by atoms with E-state index in [-0.39, 0.29) is 10.9 Å². The monoisotopic (exact) mass is 345 g/mol. The van der Waals surface area contributed by atoms with E-state index >= 15 is 0 Å². The number of nitrogens with zero attached hydrogens (tertiary/aromatic N) is 1. The molecule has 0 aliphatic rings. The Kier molecular flexibility index (Phi) is 5.44. The third-order valence-corrected chi connectivity index (χ3v) is 6.01. The van der Waals surface area contributed by atoms with Gasteiger partial charge in [0.1, 0.15) is 5.75 Å². The first kappa shape index (κ1) is 18.2. The summed E-state index contributed by atoms with van der Waals surface area (Å²) in [6.45, 7) is 5.67. The lowest BCUT2D eigenvalue weighted by Gasteiger charge is -2.25. The zero-order valence-corrected chi connectivity index (χ0v) is 15.3. The molecule has 24 heavy (non-hydrogen) atoms. The number of hydrogen-bond acceptors (Lipinski definition) is 3. The lowest BCUT2D eigenvalue weighted by atomic mass is 10.1. The maximum absolute atomic E-state index is 12.5. The van der Waals surface area contributed by atoms with E-state index in [0.717, 1.165) is 16.7 Å². The summed E-state index contributed by atoms with van der Waals surface area (Å²) in [7, 11) is -2.02. The summed E-state index contributed by atoms with van der Waals surface area (Å²) in [5, 5.41) is 0. The fourth-order valence-electron chi connectivity index (χ4n) is 2.43. The molecule has 0 aliphatic carbocycles. The Morgan fingerprint density at radius 3 is 2.25 bits per heavy atom. The molecule has 0 radical (unpaired) electrons. The van der Waals surface area contributed by atoms with Gasteiger partial charge in [0.2, 0.25) is 5.91 Å². The molecule has 0 N–H and O–H groups in total. The van der Waals surface area contributed by atoms with Crippen LogP contribution in [0, 0.1) is 13.8 Å². The summed E-state index contributed by atoms with van der Waals surface area (Å²) in [4.78, 5) is 14.1. The first-order valence-electron chi connectivity index (χ1n) is 7.83. The van der Waals surface area contributed by atoms with Crippen LogP contribution in [0.3, 0.4) is 0 Å².